The van der Waals surface area contributed by atoms with Crippen LogP contribution < -0.4 is 5.32 Å². The number of aliphatic hydroxyl groups is 1. The molecule has 2 rings (SSSR count). The van der Waals surface area contributed by atoms with Gasteiger partial charge in [-0.15, -0.1) is 0 Å². The number of hydrogen-bond acceptors (Lipinski definition) is 4. The van der Waals surface area contributed by atoms with Gasteiger partial charge in [0.05, 0.1) is 12.3 Å². The van der Waals surface area contributed by atoms with Gasteiger partial charge in [-0.3, -0.25) is 9.48 Å². The van der Waals surface area contributed by atoms with E-state index in [1.165, 1.54) is 25.7 Å². The maximum Gasteiger partial charge on any atom is 0.220 e. The van der Waals surface area contributed by atoms with E-state index in [1.54, 1.807) is 10.9 Å². The molecular formula is C16H28N4O2. The van der Waals surface area contributed by atoms with E-state index in [4.69, 9.17) is 0 Å². The van der Waals surface area contributed by atoms with Gasteiger partial charge < -0.3 is 15.3 Å². The van der Waals surface area contributed by atoms with E-state index in [-0.39, 0.29) is 5.91 Å². The SMILES string of the molecule is Cn1cc(CCC(=O)NC[C@H](O)CN2CCCCCC2)cn1. The van der Waals surface area contributed by atoms with E-state index in [1.807, 2.05) is 13.2 Å². The lowest BCUT2D eigenvalue weighted by Crippen LogP contribution is -2.40. The maximum atomic E-state index is 11.8. The number of aliphatic hydroxyl groups excluding tert-OH is 1. The summed E-state index contributed by atoms with van der Waals surface area (Å²) >= 11 is 0. The van der Waals surface area contributed by atoms with Crippen LogP contribution in [0.3, 0.4) is 0 Å². The zero-order valence-corrected chi connectivity index (χ0v) is 13.5. The number of β-amino-alcohol motifs (C(OH)–C–C–N with tert-alkyl or cyclic N) is 1. The van der Waals surface area contributed by atoms with Crippen molar-refractivity contribution in [1.82, 2.24) is 20.0 Å². The van der Waals surface area contributed by atoms with Crippen LogP contribution in [0.5, 0.6) is 0 Å². The predicted molar refractivity (Wildman–Crippen MR) is 85.5 cm³/mol. The largest absolute Gasteiger partial charge is 0.390 e. The maximum absolute atomic E-state index is 11.8. The highest BCUT2D eigenvalue weighted by atomic mass is 16.3. The lowest BCUT2D eigenvalue weighted by atomic mass is 10.2. The highest BCUT2D eigenvalue weighted by Crippen LogP contribution is 2.09. The molecule has 1 fully saturated rings. The first-order valence-corrected chi connectivity index (χ1v) is 8.28. The minimum absolute atomic E-state index is 0.0150. The van der Waals surface area contributed by atoms with Crippen LogP contribution in [0.1, 0.15) is 37.7 Å². The molecule has 6 nitrogen and oxygen atoms in total. The average Bonchev–Trinajstić information content (AvgIpc) is 2.74. The molecule has 2 heterocycles. The Morgan fingerprint density at radius 2 is 2.09 bits per heavy atom. The molecule has 124 valence electrons. The molecule has 1 atom stereocenters. The van der Waals surface area contributed by atoms with Crippen molar-refractivity contribution in [1.29, 1.82) is 0 Å². The highest BCUT2D eigenvalue weighted by Gasteiger charge is 2.14. The minimum atomic E-state index is -0.486. The van der Waals surface area contributed by atoms with Gasteiger partial charge in [-0.1, -0.05) is 12.8 Å². The standard InChI is InChI=1S/C16H28N4O2/c1-19-12-14(10-18-19)6-7-16(22)17-11-15(21)13-20-8-4-2-3-5-9-20/h10,12,15,21H,2-9,11,13H2,1H3,(H,17,22)/t15-/m0/s1. The summed E-state index contributed by atoms with van der Waals surface area (Å²) in [6, 6.07) is 0. The fourth-order valence-electron chi connectivity index (χ4n) is 2.86. The van der Waals surface area contributed by atoms with Crippen molar-refractivity contribution in [3.63, 3.8) is 0 Å². The lowest BCUT2D eigenvalue weighted by molar-refractivity contribution is -0.121. The smallest absolute Gasteiger partial charge is 0.220 e. The van der Waals surface area contributed by atoms with E-state index in [9.17, 15) is 9.90 Å². The Hall–Kier alpha value is -1.40. The summed E-state index contributed by atoms with van der Waals surface area (Å²) < 4.78 is 1.73. The first-order chi connectivity index (χ1) is 10.6. The third-order valence-electron chi connectivity index (χ3n) is 4.10. The molecule has 0 saturated carbocycles. The van der Waals surface area contributed by atoms with Gasteiger partial charge in [0.2, 0.25) is 5.91 Å². The average molecular weight is 308 g/mol. The first-order valence-electron chi connectivity index (χ1n) is 8.28. The van der Waals surface area contributed by atoms with Gasteiger partial charge >= 0.3 is 0 Å². The van der Waals surface area contributed by atoms with Crippen molar-refractivity contribution in [2.75, 3.05) is 26.2 Å². The number of amides is 1. The van der Waals surface area contributed by atoms with Gasteiger partial charge in [0.15, 0.2) is 0 Å². The van der Waals surface area contributed by atoms with Crippen molar-refractivity contribution in [3.05, 3.63) is 18.0 Å². The van der Waals surface area contributed by atoms with Gasteiger partial charge in [-0.2, -0.15) is 5.10 Å². The van der Waals surface area contributed by atoms with Gasteiger partial charge in [0.25, 0.3) is 0 Å². The van der Waals surface area contributed by atoms with E-state index < -0.39 is 6.10 Å². The van der Waals surface area contributed by atoms with Crippen molar-refractivity contribution in [2.24, 2.45) is 7.05 Å². The number of hydrogen-bond donors (Lipinski definition) is 2. The predicted octanol–water partition coefficient (Wildman–Crippen LogP) is 0.706. The van der Waals surface area contributed by atoms with Gasteiger partial charge in [-0.25, -0.2) is 0 Å². The zero-order chi connectivity index (χ0) is 15.8. The van der Waals surface area contributed by atoms with E-state index in [0.717, 1.165) is 18.7 Å². The molecular weight excluding hydrogens is 280 g/mol. The zero-order valence-electron chi connectivity index (χ0n) is 13.5. The summed E-state index contributed by atoms with van der Waals surface area (Å²) in [5.74, 6) is -0.0150. The molecule has 1 aromatic heterocycles. The summed E-state index contributed by atoms with van der Waals surface area (Å²) in [7, 11) is 1.86. The molecule has 1 amide bonds. The molecule has 1 aromatic rings. The number of nitrogens with zero attached hydrogens (tertiary/aromatic N) is 3. The lowest BCUT2D eigenvalue weighted by Gasteiger charge is -2.23. The third-order valence-corrected chi connectivity index (χ3v) is 4.10. The molecule has 1 saturated heterocycles. The van der Waals surface area contributed by atoms with E-state index in [2.05, 4.69) is 15.3 Å². The Labute approximate surface area is 132 Å². The molecule has 1 aliphatic rings. The van der Waals surface area contributed by atoms with Crippen molar-refractivity contribution in [2.45, 2.75) is 44.6 Å². The second-order valence-corrected chi connectivity index (χ2v) is 6.19. The van der Waals surface area contributed by atoms with Crippen LogP contribution in [0.2, 0.25) is 0 Å². The number of rotatable bonds is 7. The Morgan fingerprint density at radius 3 is 2.73 bits per heavy atom. The second-order valence-electron chi connectivity index (χ2n) is 6.19. The quantitative estimate of drug-likeness (QED) is 0.778. The summed E-state index contributed by atoms with van der Waals surface area (Å²) in [6.45, 7) is 3.11. The normalized spacial score (nSPS) is 17.9. The topological polar surface area (TPSA) is 70.4 Å². The molecule has 1 aliphatic heterocycles. The summed E-state index contributed by atoms with van der Waals surface area (Å²) in [5, 5.41) is 17.0. The Kier molecular flexibility index (Phi) is 6.86. The molecule has 22 heavy (non-hydrogen) atoms. The highest BCUT2D eigenvalue weighted by molar-refractivity contribution is 5.76. The van der Waals surface area contributed by atoms with Crippen molar-refractivity contribution >= 4 is 5.91 Å². The fourth-order valence-corrected chi connectivity index (χ4v) is 2.86. The number of nitrogens with one attached hydrogen (secondary N) is 1. The Bertz CT molecular complexity index is 453. The fraction of sp³-hybridized carbons (Fsp3) is 0.750. The second kappa shape index (κ2) is 8.90. The molecule has 0 aliphatic carbocycles. The third kappa shape index (κ3) is 6.15. The first kappa shape index (κ1) is 17.0. The Morgan fingerprint density at radius 1 is 1.36 bits per heavy atom. The van der Waals surface area contributed by atoms with Crippen LogP contribution in [0, 0.1) is 0 Å². The monoisotopic (exact) mass is 308 g/mol. The van der Waals surface area contributed by atoms with Gasteiger partial charge in [0.1, 0.15) is 0 Å². The molecule has 0 spiro atoms. The van der Waals surface area contributed by atoms with Crippen LogP contribution in [0.25, 0.3) is 0 Å². The molecule has 2 N–H and O–H groups in total. The number of carbonyl (C=O) groups excluding carboxylic acids is 1. The molecule has 0 aromatic carbocycles. The summed E-state index contributed by atoms with van der Waals surface area (Å²) in [5.41, 5.74) is 1.06. The number of likely N-dealkylation sites (tertiary alicyclic amines) is 1. The Balaban J connectivity index is 1.60. The van der Waals surface area contributed by atoms with Crippen molar-refractivity contribution < 1.29 is 9.90 Å². The van der Waals surface area contributed by atoms with Crippen LogP contribution >= 0.6 is 0 Å². The minimum Gasteiger partial charge on any atom is -0.390 e. The van der Waals surface area contributed by atoms with E-state index >= 15 is 0 Å². The molecule has 0 radical (unpaired) electrons. The van der Waals surface area contributed by atoms with Gasteiger partial charge in [-0.05, 0) is 37.9 Å². The van der Waals surface area contributed by atoms with Crippen LogP contribution in [-0.4, -0.2) is 58.0 Å². The molecule has 6 heteroatoms. The number of aromatic nitrogens is 2. The number of carbonyl (C=O) groups is 1. The van der Waals surface area contributed by atoms with Crippen LogP contribution in [0.4, 0.5) is 0 Å². The molecule has 0 unspecified atom stereocenters. The number of aryl methyl sites for hydroxylation is 2. The van der Waals surface area contributed by atoms with Crippen molar-refractivity contribution in [3.8, 4) is 0 Å². The van der Waals surface area contributed by atoms with E-state index in [0.29, 0.717) is 25.9 Å². The summed E-state index contributed by atoms with van der Waals surface area (Å²) in [6.07, 6.45) is 9.33. The summed E-state index contributed by atoms with van der Waals surface area (Å²) in [4.78, 5) is 14.1. The van der Waals surface area contributed by atoms with Gasteiger partial charge in [0, 0.05) is 32.8 Å². The van der Waals surface area contributed by atoms with Crippen LogP contribution in [-0.2, 0) is 18.3 Å². The molecule has 0 bridgehead atoms. The van der Waals surface area contributed by atoms with Crippen LogP contribution in [0.15, 0.2) is 12.4 Å².